The van der Waals surface area contributed by atoms with Crippen LogP contribution in [0.15, 0.2) is 65.6 Å². The Kier molecular flexibility index (Phi) is 6.94. The average Bonchev–Trinajstić information content (AvgIpc) is 2.89. The van der Waals surface area contributed by atoms with Gasteiger partial charge in [-0.2, -0.15) is 0 Å². The summed E-state index contributed by atoms with van der Waals surface area (Å²) in [4.78, 5) is 21.6. The van der Waals surface area contributed by atoms with Crippen LogP contribution in [-0.4, -0.2) is 50.7 Å². The molecule has 1 fully saturated rings. The first-order chi connectivity index (χ1) is 18.5. The van der Waals surface area contributed by atoms with Gasteiger partial charge in [0.2, 0.25) is 0 Å². The summed E-state index contributed by atoms with van der Waals surface area (Å²) in [6.07, 6.45) is 0. The highest BCUT2D eigenvalue weighted by Crippen LogP contribution is 2.29. The molecule has 0 amide bonds. The van der Waals surface area contributed by atoms with Crippen LogP contribution >= 0.6 is 0 Å². The van der Waals surface area contributed by atoms with Gasteiger partial charge in [-0.15, -0.1) is 0 Å². The number of nitrogens with one attached hydrogen (secondary N) is 1. The van der Waals surface area contributed by atoms with Crippen molar-refractivity contribution < 1.29 is 18.3 Å². The SMILES string of the molecule is Cc1cc(C)cc(S(=O)(=O)Nc2ccc3nc(N4CCN(c5cccc(C)c5C)CC4)cc(C(=O)O)c3c2)c1. The molecule has 0 unspecified atom stereocenters. The average molecular weight is 545 g/mol. The van der Waals surface area contributed by atoms with Gasteiger partial charge < -0.3 is 14.9 Å². The van der Waals surface area contributed by atoms with Crippen molar-refractivity contribution in [3.63, 3.8) is 0 Å². The lowest BCUT2D eigenvalue weighted by Crippen LogP contribution is -2.47. The number of carboxylic acid groups (broad SMARTS) is 1. The highest BCUT2D eigenvalue weighted by Gasteiger charge is 2.23. The van der Waals surface area contributed by atoms with Crippen molar-refractivity contribution in [2.24, 2.45) is 0 Å². The zero-order valence-corrected chi connectivity index (χ0v) is 23.3. The number of anilines is 3. The summed E-state index contributed by atoms with van der Waals surface area (Å²) in [7, 11) is -3.85. The van der Waals surface area contributed by atoms with Gasteiger partial charge in [-0.3, -0.25) is 4.72 Å². The second kappa shape index (κ2) is 10.2. The number of benzene rings is 3. The van der Waals surface area contributed by atoms with Crippen LogP contribution in [0.4, 0.5) is 17.2 Å². The van der Waals surface area contributed by atoms with E-state index in [2.05, 4.69) is 46.6 Å². The van der Waals surface area contributed by atoms with Crippen LogP contribution < -0.4 is 14.5 Å². The van der Waals surface area contributed by atoms with Gasteiger partial charge in [0.15, 0.2) is 0 Å². The van der Waals surface area contributed by atoms with Crippen LogP contribution in [0.5, 0.6) is 0 Å². The minimum absolute atomic E-state index is 0.0828. The Bertz CT molecular complexity index is 1670. The number of hydrogen-bond acceptors (Lipinski definition) is 6. The molecule has 3 aromatic carbocycles. The number of carbonyl (C=O) groups is 1. The van der Waals surface area contributed by atoms with E-state index in [0.717, 1.165) is 24.2 Å². The standard InChI is InChI=1S/C30H32N4O4S/c1-19-14-20(2)16-24(15-19)39(37,38)32-23-8-9-27-25(17-23)26(30(35)36)18-29(31-27)34-12-10-33(11-13-34)28-7-5-6-21(3)22(28)4/h5-9,14-18,32H,10-13H2,1-4H3,(H,35,36). The number of aromatic carboxylic acids is 1. The summed E-state index contributed by atoms with van der Waals surface area (Å²) in [6.45, 7) is 10.9. The molecule has 0 radical (unpaired) electrons. The number of carboxylic acids is 1. The molecular formula is C30H32N4O4S. The first-order valence-corrected chi connectivity index (χ1v) is 14.4. The van der Waals surface area contributed by atoms with E-state index in [1.54, 1.807) is 30.3 Å². The molecule has 4 aromatic rings. The van der Waals surface area contributed by atoms with Gasteiger partial charge in [-0.05, 0) is 92.4 Å². The Balaban J connectivity index is 1.41. The molecule has 0 saturated carbocycles. The molecule has 8 nitrogen and oxygen atoms in total. The molecule has 0 spiro atoms. The molecule has 0 bridgehead atoms. The topological polar surface area (TPSA) is 103 Å². The van der Waals surface area contributed by atoms with E-state index in [0.29, 0.717) is 29.8 Å². The van der Waals surface area contributed by atoms with Gasteiger partial charge in [0, 0.05) is 42.9 Å². The third-order valence-electron chi connectivity index (χ3n) is 7.30. The van der Waals surface area contributed by atoms with Crippen molar-refractivity contribution in [2.75, 3.05) is 40.7 Å². The normalized spacial score (nSPS) is 14.1. The zero-order chi connectivity index (χ0) is 27.9. The maximum absolute atomic E-state index is 13.0. The molecule has 1 aliphatic heterocycles. The Morgan fingerprint density at radius 2 is 1.54 bits per heavy atom. The van der Waals surface area contributed by atoms with Crippen LogP contribution in [0.2, 0.25) is 0 Å². The summed E-state index contributed by atoms with van der Waals surface area (Å²) >= 11 is 0. The Hall–Kier alpha value is -4.11. The second-order valence-corrected chi connectivity index (χ2v) is 11.9. The minimum atomic E-state index is -3.85. The summed E-state index contributed by atoms with van der Waals surface area (Å²) < 4.78 is 28.7. The van der Waals surface area contributed by atoms with E-state index in [1.807, 2.05) is 19.9 Å². The van der Waals surface area contributed by atoms with Crippen molar-refractivity contribution in [3.05, 3.63) is 88.5 Å². The molecule has 0 atom stereocenters. The van der Waals surface area contributed by atoms with Crippen molar-refractivity contribution in [3.8, 4) is 0 Å². The van der Waals surface area contributed by atoms with Gasteiger partial charge in [0.1, 0.15) is 5.82 Å². The summed E-state index contributed by atoms with van der Waals surface area (Å²) in [5.41, 5.74) is 6.29. The summed E-state index contributed by atoms with van der Waals surface area (Å²) in [6, 6.07) is 17.8. The maximum Gasteiger partial charge on any atom is 0.336 e. The van der Waals surface area contributed by atoms with Crippen LogP contribution in [0.25, 0.3) is 10.9 Å². The van der Waals surface area contributed by atoms with Crippen LogP contribution in [0.3, 0.4) is 0 Å². The fraction of sp³-hybridized carbons (Fsp3) is 0.267. The van der Waals surface area contributed by atoms with E-state index >= 15 is 0 Å². The third-order valence-corrected chi connectivity index (χ3v) is 8.66. The number of nitrogens with zero attached hydrogens (tertiary/aromatic N) is 3. The van der Waals surface area contributed by atoms with Crippen LogP contribution in [-0.2, 0) is 10.0 Å². The van der Waals surface area contributed by atoms with Crippen molar-refractivity contribution >= 4 is 44.1 Å². The van der Waals surface area contributed by atoms with Gasteiger partial charge in [0.05, 0.1) is 16.0 Å². The predicted octanol–water partition coefficient (Wildman–Crippen LogP) is 5.29. The van der Waals surface area contributed by atoms with E-state index in [4.69, 9.17) is 4.98 Å². The van der Waals surface area contributed by atoms with Gasteiger partial charge in [-0.1, -0.05) is 18.2 Å². The number of rotatable bonds is 6. The lowest BCUT2D eigenvalue weighted by atomic mass is 10.1. The van der Waals surface area contributed by atoms with Gasteiger partial charge >= 0.3 is 5.97 Å². The van der Waals surface area contributed by atoms with E-state index in [9.17, 15) is 18.3 Å². The molecule has 1 aromatic heterocycles. The van der Waals surface area contributed by atoms with E-state index < -0.39 is 16.0 Å². The monoisotopic (exact) mass is 544 g/mol. The molecule has 1 aliphatic rings. The number of pyridine rings is 1. The fourth-order valence-electron chi connectivity index (χ4n) is 5.17. The Morgan fingerprint density at radius 3 is 2.21 bits per heavy atom. The Labute approximate surface area is 229 Å². The fourth-order valence-corrected chi connectivity index (χ4v) is 6.41. The first-order valence-electron chi connectivity index (χ1n) is 12.9. The third kappa shape index (κ3) is 5.40. The largest absolute Gasteiger partial charge is 0.478 e. The summed E-state index contributed by atoms with van der Waals surface area (Å²) in [5.74, 6) is -0.490. The van der Waals surface area contributed by atoms with E-state index in [1.165, 1.54) is 22.9 Å². The zero-order valence-electron chi connectivity index (χ0n) is 22.5. The lowest BCUT2D eigenvalue weighted by molar-refractivity contribution is 0.0699. The van der Waals surface area contributed by atoms with Crippen LogP contribution in [0, 0.1) is 27.7 Å². The second-order valence-electron chi connectivity index (χ2n) is 10.2. The minimum Gasteiger partial charge on any atom is -0.478 e. The molecule has 5 rings (SSSR count). The first kappa shape index (κ1) is 26.5. The number of aromatic nitrogens is 1. The number of sulfonamides is 1. The van der Waals surface area contributed by atoms with Crippen LogP contribution in [0.1, 0.15) is 32.6 Å². The highest BCUT2D eigenvalue weighted by atomic mass is 32.2. The smallest absolute Gasteiger partial charge is 0.336 e. The molecule has 9 heteroatoms. The molecular weight excluding hydrogens is 512 g/mol. The van der Waals surface area contributed by atoms with Crippen molar-refractivity contribution in [1.82, 2.24) is 4.98 Å². The van der Waals surface area contributed by atoms with Crippen molar-refractivity contribution in [2.45, 2.75) is 32.6 Å². The van der Waals surface area contributed by atoms with Gasteiger partial charge in [-0.25, -0.2) is 18.2 Å². The molecule has 2 N–H and O–H groups in total. The number of hydrogen-bond donors (Lipinski definition) is 2. The predicted molar refractivity (Wildman–Crippen MR) is 156 cm³/mol. The highest BCUT2D eigenvalue weighted by molar-refractivity contribution is 7.92. The lowest BCUT2D eigenvalue weighted by Gasteiger charge is -2.37. The quantitative estimate of drug-likeness (QED) is 0.340. The molecule has 39 heavy (non-hydrogen) atoms. The van der Waals surface area contributed by atoms with Gasteiger partial charge in [0.25, 0.3) is 10.0 Å². The number of piperazine rings is 1. The van der Waals surface area contributed by atoms with E-state index in [-0.39, 0.29) is 16.1 Å². The number of fused-ring (bicyclic) bond motifs is 1. The molecule has 0 aliphatic carbocycles. The Morgan fingerprint density at radius 1 is 0.872 bits per heavy atom. The molecule has 1 saturated heterocycles. The van der Waals surface area contributed by atoms with Crippen molar-refractivity contribution in [1.29, 1.82) is 0 Å². The maximum atomic E-state index is 13.0. The summed E-state index contributed by atoms with van der Waals surface area (Å²) in [5, 5.41) is 10.4. The molecule has 2 heterocycles. The number of aryl methyl sites for hydroxylation is 3. The molecule has 202 valence electrons.